The number of carbonyl (C=O) groups excluding carboxylic acids is 1. The van der Waals surface area contributed by atoms with Crippen molar-refractivity contribution < 1.29 is 9.53 Å². The van der Waals surface area contributed by atoms with Crippen molar-refractivity contribution in [1.82, 2.24) is 5.32 Å². The minimum absolute atomic E-state index is 0.250. The lowest BCUT2D eigenvalue weighted by molar-refractivity contribution is -0.145. The Morgan fingerprint density at radius 2 is 2.35 bits per heavy atom. The lowest BCUT2D eigenvalue weighted by atomic mass is 10.0. The third-order valence-electron chi connectivity index (χ3n) is 2.36. The van der Waals surface area contributed by atoms with Crippen LogP contribution in [0, 0.1) is 6.92 Å². The molecular formula is C14H19NO2. The molecule has 0 saturated heterocycles. The molecule has 0 fully saturated rings. The van der Waals surface area contributed by atoms with Crippen molar-refractivity contribution in [3.8, 4) is 0 Å². The zero-order valence-corrected chi connectivity index (χ0v) is 10.4. The van der Waals surface area contributed by atoms with Gasteiger partial charge < -0.3 is 4.74 Å². The van der Waals surface area contributed by atoms with E-state index in [0.29, 0.717) is 13.2 Å². The lowest BCUT2D eigenvalue weighted by Gasteiger charge is -2.17. The molecule has 0 aliphatic carbocycles. The molecular weight excluding hydrogens is 214 g/mol. The van der Waals surface area contributed by atoms with E-state index in [1.807, 2.05) is 31.2 Å². The highest BCUT2D eigenvalue weighted by Crippen LogP contribution is 2.16. The van der Waals surface area contributed by atoms with Gasteiger partial charge in [0.05, 0.1) is 6.61 Å². The standard InChI is InChI=1S/C14H19NO2/c1-4-9-15-13(14(16)17-5-2)12-8-6-7-11(3)10-12/h4,6-8,10,13,15H,1,5,9H2,2-3H3. The molecule has 1 atom stereocenters. The summed E-state index contributed by atoms with van der Waals surface area (Å²) in [5.74, 6) is -0.250. The molecule has 1 unspecified atom stereocenters. The van der Waals surface area contributed by atoms with Gasteiger partial charge in [-0.15, -0.1) is 6.58 Å². The van der Waals surface area contributed by atoms with Crippen LogP contribution in [0.25, 0.3) is 0 Å². The van der Waals surface area contributed by atoms with Crippen LogP contribution >= 0.6 is 0 Å². The fraction of sp³-hybridized carbons (Fsp3) is 0.357. The first kappa shape index (κ1) is 13.5. The Labute approximate surface area is 102 Å². The molecule has 0 bridgehead atoms. The first-order valence-electron chi connectivity index (χ1n) is 5.76. The molecule has 3 heteroatoms. The second kappa shape index (κ2) is 6.86. The van der Waals surface area contributed by atoms with Crippen molar-refractivity contribution in [2.45, 2.75) is 19.9 Å². The molecule has 0 radical (unpaired) electrons. The number of nitrogens with one attached hydrogen (secondary N) is 1. The van der Waals surface area contributed by atoms with Gasteiger partial charge in [0.15, 0.2) is 0 Å². The predicted molar refractivity (Wildman–Crippen MR) is 68.8 cm³/mol. The molecule has 1 aromatic rings. The summed E-state index contributed by atoms with van der Waals surface area (Å²) in [4.78, 5) is 11.8. The van der Waals surface area contributed by atoms with Crippen LogP contribution in [0.1, 0.15) is 24.1 Å². The third kappa shape index (κ3) is 4.04. The lowest BCUT2D eigenvalue weighted by Crippen LogP contribution is -2.30. The first-order chi connectivity index (χ1) is 8.19. The SMILES string of the molecule is C=CCNC(C(=O)OCC)c1cccc(C)c1. The Balaban J connectivity index is 2.88. The molecule has 0 aromatic heterocycles. The summed E-state index contributed by atoms with van der Waals surface area (Å²) in [6, 6.07) is 7.42. The molecule has 1 rings (SSSR count). The van der Waals surface area contributed by atoms with E-state index in [9.17, 15) is 4.79 Å². The number of esters is 1. The van der Waals surface area contributed by atoms with Crippen molar-refractivity contribution in [2.24, 2.45) is 0 Å². The number of rotatable bonds is 6. The van der Waals surface area contributed by atoms with Crippen LogP contribution in [0.4, 0.5) is 0 Å². The quantitative estimate of drug-likeness (QED) is 0.605. The molecule has 17 heavy (non-hydrogen) atoms. The van der Waals surface area contributed by atoms with Gasteiger partial charge in [0.1, 0.15) is 6.04 Å². The highest BCUT2D eigenvalue weighted by atomic mass is 16.5. The molecule has 92 valence electrons. The monoisotopic (exact) mass is 233 g/mol. The van der Waals surface area contributed by atoms with Gasteiger partial charge in [-0.1, -0.05) is 35.9 Å². The van der Waals surface area contributed by atoms with Crippen molar-refractivity contribution >= 4 is 5.97 Å². The van der Waals surface area contributed by atoms with Crippen LogP contribution in [-0.4, -0.2) is 19.1 Å². The summed E-state index contributed by atoms with van der Waals surface area (Å²) in [6.45, 7) is 8.39. The molecule has 0 aliphatic rings. The summed E-state index contributed by atoms with van der Waals surface area (Å²) in [5.41, 5.74) is 2.04. The summed E-state index contributed by atoms with van der Waals surface area (Å²) in [7, 11) is 0. The summed E-state index contributed by atoms with van der Waals surface area (Å²) < 4.78 is 5.06. The Bertz CT molecular complexity index is 388. The fourth-order valence-corrected chi connectivity index (χ4v) is 1.61. The number of aryl methyl sites for hydroxylation is 1. The average molecular weight is 233 g/mol. The van der Waals surface area contributed by atoms with E-state index in [1.165, 1.54) is 0 Å². The highest BCUT2D eigenvalue weighted by molar-refractivity contribution is 5.77. The zero-order valence-electron chi connectivity index (χ0n) is 10.4. The van der Waals surface area contributed by atoms with E-state index in [1.54, 1.807) is 13.0 Å². The van der Waals surface area contributed by atoms with E-state index in [0.717, 1.165) is 11.1 Å². The second-order valence-electron chi connectivity index (χ2n) is 3.80. The van der Waals surface area contributed by atoms with Crippen LogP contribution in [0.2, 0.25) is 0 Å². The van der Waals surface area contributed by atoms with E-state index in [4.69, 9.17) is 4.74 Å². The zero-order chi connectivity index (χ0) is 12.7. The fourth-order valence-electron chi connectivity index (χ4n) is 1.61. The van der Waals surface area contributed by atoms with Crippen molar-refractivity contribution in [2.75, 3.05) is 13.2 Å². The number of carbonyl (C=O) groups is 1. The normalized spacial score (nSPS) is 11.9. The van der Waals surface area contributed by atoms with E-state index in [-0.39, 0.29) is 5.97 Å². The average Bonchev–Trinajstić information content (AvgIpc) is 2.30. The number of hydrogen-bond donors (Lipinski definition) is 1. The summed E-state index contributed by atoms with van der Waals surface area (Å²) in [6.07, 6.45) is 1.72. The summed E-state index contributed by atoms with van der Waals surface area (Å²) >= 11 is 0. The van der Waals surface area contributed by atoms with Gasteiger partial charge in [-0.25, -0.2) is 4.79 Å². The van der Waals surface area contributed by atoms with Gasteiger partial charge in [-0.3, -0.25) is 5.32 Å². The van der Waals surface area contributed by atoms with E-state index >= 15 is 0 Å². The van der Waals surface area contributed by atoms with Crippen LogP contribution in [-0.2, 0) is 9.53 Å². The topological polar surface area (TPSA) is 38.3 Å². The van der Waals surface area contributed by atoms with E-state index in [2.05, 4.69) is 11.9 Å². The van der Waals surface area contributed by atoms with Crippen LogP contribution in [0.3, 0.4) is 0 Å². The third-order valence-corrected chi connectivity index (χ3v) is 2.36. The minimum Gasteiger partial charge on any atom is -0.465 e. The van der Waals surface area contributed by atoms with Gasteiger partial charge >= 0.3 is 5.97 Å². The molecule has 1 N–H and O–H groups in total. The Morgan fingerprint density at radius 1 is 1.59 bits per heavy atom. The van der Waals surface area contributed by atoms with Crippen molar-refractivity contribution in [1.29, 1.82) is 0 Å². The number of benzene rings is 1. The number of ether oxygens (including phenoxy) is 1. The maximum atomic E-state index is 11.8. The molecule has 3 nitrogen and oxygen atoms in total. The Kier molecular flexibility index (Phi) is 5.43. The molecule has 0 heterocycles. The van der Waals surface area contributed by atoms with Crippen LogP contribution in [0.5, 0.6) is 0 Å². The van der Waals surface area contributed by atoms with Crippen molar-refractivity contribution in [3.05, 3.63) is 48.0 Å². The number of hydrogen-bond acceptors (Lipinski definition) is 3. The molecule has 0 aliphatic heterocycles. The Morgan fingerprint density at radius 3 is 2.94 bits per heavy atom. The van der Waals surface area contributed by atoms with Crippen LogP contribution < -0.4 is 5.32 Å². The van der Waals surface area contributed by atoms with Gasteiger partial charge in [-0.2, -0.15) is 0 Å². The largest absolute Gasteiger partial charge is 0.465 e. The maximum Gasteiger partial charge on any atom is 0.327 e. The Hall–Kier alpha value is -1.61. The smallest absolute Gasteiger partial charge is 0.327 e. The van der Waals surface area contributed by atoms with Crippen LogP contribution in [0.15, 0.2) is 36.9 Å². The predicted octanol–water partition coefficient (Wildman–Crippen LogP) is 2.37. The molecule has 0 amide bonds. The minimum atomic E-state index is -0.423. The van der Waals surface area contributed by atoms with E-state index < -0.39 is 6.04 Å². The highest BCUT2D eigenvalue weighted by Gasteiger charge is 2.20. The van der Waals surface area contributed by atoms with Crippen molar-refractivity contribution in [3.63, 3.8) is 0 Å². The van der Waals surface area contributed by atoms with Gasteiger partial charge in [0.25, 0.3) is 0 Å². The molecule has 1 aromatic carbocycles. The maximum absolute atomic E-state index is 11.8. The second-order valence-corrected chi connectivity index (χ2v) is 3.80. The summed E-state index contributed by atoms with van der Waals surface area (Å²) in [5, 5.41) is 3.10. The molecule has 0 spiro atoms. The van der Waals surface area contributed by atoms with Gasteiger partial charge in [-0.05, 0) is 19.4 Å². The van der Waals surface area contributed by atoms with Gasteiger partial charge in [0.2, 0.25) is 0 Å². The first-order valence-corrected chi connectivity index (χ1v) is 5.76. The van der Waals surface area contributed by atoms with Gasteiger partial charge in [0, 0.05) is 6.54 Å². The molecule has 0 saturated carbocycles.